The summed E-state index contributed by atoms with van der Waals surface area (Å²) in [6.45, 7) is 7.55. The van der Waals surface area contributed by atoms with Gasteiger partial charge in [0.25, 0.3) is 5.91 Å². The number of anilines is 1. The summed E-state index contributed by atoms with van der Waals surface area (Å²) in [5, 5.41) is 3.80. The van der Waals surface area contributed by atoms with Crippen molar-refractivity contribution in [1.29, 1.82) is 0 Å². The van der Waals surface area contributed by atoms with Gasteiger partial charge in [0.2, 0.25) is 5.91 Å². The minimum absolute atomic E-state index is 0.164. The monoisotopic (exact) mass is 364 g/mol. The van der Waals surface area contributed by atoms with Crippen molar-refractivity contribution in [2.24, 2.45) is 5.73 Å². The molecule has 2 aromatic heterocycles. The van der Waals surface area contributed by atoms with Crippen molar-refractivity contribution in [1.82, 2.24) is 9.97 Å². The molecule has 0 fully saturated rings. The summed E-state index contributed by atoms with van der Waals surface area (Å²) < 4.78 is 0. The average molecular weight is 364 g/mol. The Labute approximate surface area is 149 Å². The third kappa shape index (κ3) is 4.12. The summed E-state index contributed by atoms with van der Waals surface area (Å²) in [6.07, 6.45) is 2.12. The van der Waals surface area contributed by atoms with Crippen molar-refractivity contribution >= 4 is 39.9 Å². The third-order valence-electron chi connectivity index (χ3n) is 3.57. The first-order chi connectivity index (χ1) is 11.3. The van der Waals surface area contributed by atoms with E-state index in [0.717, 1.165) is 21.2 Å². The minimum Gasteiger partial charge on any atom is -0.365 e. The molecule has 0 aliphatic rings. The van der Waals surface area contributed by atoms with Gasteiger partial charge in [0.15, 0.2) is 0 Å². The number of nitrogens with zero attached hydrogens (tertiary/aromatic N) is 2. The number of aryl methyl sites for hydroxylation is 2. The van der Waals surface area contributed by atoms with E-state index < -0.39 is 5.91 Å². The van der Waals surface area contributed by atoms with Crippen LogP contribution in [0.1, 0.15) is 39.8 Å². The smallest absolute Gasteiger partial charge is 0.251 e. The van der Waals surface area contributed by atoms with Crippen LogP contribution >= 0.6 is 23.1 Å². The fourth-order valence-corrected chi connectivity index (χ4v) is 4.21. The highest BCUT2D eigenvalue weighted by atomic mass is 32.2. The average Bonchev–Trinajstić information content (AvgIpc) is 2.79. The maximum atomic E-state index is 12.6. The van der Waals surface area contributed by atoms with Gasteiger partial charge in [-0.15, -0.1) is 11.3 Å². The van der Waals surface area contributed by atoms with Crippen molar-refractivity contribution in [3.8, 4) is 0 Å². The minimum atomic E-state index is -0.528. The molecule has 0 aliphatic carbocycles. The number of amides is 2. The fraction of sp³-hybridized carbons (Fsp3) is 0.375. The van der Waals surface area contributed by atoms with E-state index in [2.05, 4.69) is 15.3 Å². The Morgan fingerprint density at radius 3 is 2.62 bits per heavy atom. The third-order valence-corrected chi connectivity index (χ3v) is 5.99. The highest BCUT2D eigenvalue weighted by molar-refractivity contribution is 8.00. The quantitative estimate of drug-likeness (QED) is 0.606. The van der Waals surface area contributed by atoms with Crippen molar-refractivity contribution in [2.45, 2.75) is 44.4 Å². The van der Waals surface area contributed by atoms with Crippen molar-refractivity contribution in [2.75, 3.05) is 5.32 Å². The molecule has 3 N–H and O–H groups in total. The lowest BCUT2D eigenvalue weighted by Crippen LogP contribution is -2.25. The van der Waals surface area contributed by atoms with Gasteiger partial charge < -0.3 is 11.1 Å². The van der Waals surface area contributed by atoms with Crippen LogP contribution in [0.2, 0.25) is 0 Å². The van der Waals surface area contributed by atoms with E-state index in [1.54, 1.807) is 0 Å². The highest BCUT2D eigenvalue weighted by Gasteiger charge is 2.23. The number of thioether (sulfide) groups is 1. The molecule has 0 spiro atoms. The molecular weight excluding hydrogens is 344 g/mol. The summed E-state index contributed by atoms with van der Waals surface area (Å²) in [5.41, 5.74) is 7.50. The molecule has 2 aromatic rings. The molecule has 6 nitrogen and oxygen atoms in total. The lowest BCUT2D eigenvalue weighted by atomic mass is 10.1. The number of nitrogens with one attached hydrogen (secondary N) is 1. The van der Waals surface area contributed by atoms with Crippen LogP contribution in [0.3, 0.4) is 0 Å². The predicted molar refractivity (Wildman–Crippen MR) is 97.6 cm³/mol. The maximum Gasteiger partial charge on any atom is 0.251 e. The Bertz CT molecular complexity index is 773. The van der Waals surface area contributed by atoms with E-state index >= 15 is 0 Å². The van der Waals surface area contributed by atoms with Crippen LogP contribution in [-0.4, -0.2) is 27.0 Å². The molecule has 1 atom stereocenters. The molecule has 0 saturated heterocycles. The first-order valence-electron chi connectivity index (χ1n) is 7.49. The van der Waals surface area contributed by atoms with Gasteiger partial charge in [-0.25, -0.2) is 9.97 Å². The first-order valence-corrected chi connectivity index (χ1v) is 9.19. The van der Waals surface area contributed by atoms with Crippen LogP contribution in [0.4, 0.5) is 5.00 Å². The van der Waals surface area contributed by atoms with Gasteiger partial charge in [-0.3, -0.25) is 9.59 Å². The topological polar surface area (TPSA) is 98.0 Å². The van der Waals surface area contributed by atoms with E-state index in [-0.39, 0.29) is 11.2 Å². The molecule has 1 unspecified atom stereocenters. The Balaban J connectivity index is 2.18. The number of hydrogen-bond acceptors (Lipinski definition) is 6. The molecule has 24 heavy (non-hydrogen) atoms. The highest BCUT2D eigenvalue weighted by Crippen LogP contribution is 2.33. The van der Waals surface area contributed by atoms with Gasteiger partial charge in [-0.1, -0.05) is 18.7 Å². The molecule has 0 bridgehead atoms. The Hall–Kier alpha value is -1.93. The van der Waals surface area contributed by atoms with Gasteiger partial charge in [0.05, 0.1) is 10.8 Å². The van der Waals surface area contributed by atoms with Gasteiger partial charge in [0, 0.05) is 10.6 Å². The second-order valence-corrected chi connectivity index (χ2v) is 7.80. The number of carbonyl (C=O) groups is 2. The molecule has 0 aliphatic heterocycles. The predicted octanol–water partition coefficient (Wildman–Crippen LogP) is 3.07. The van der Waals surface area contributed by atoms with Gasteiger partial charge in [-0.05, 0) is 38.8 Å². The zero-order valence-electron chi connectivity index (χ0n) is 14.0. The largest absolute Gasteiger partial charge is 0.365 e. The van der Waals surface area contributed by atoms with Crippen LogP contribution < -0.4 is 11.1 Å². The lowest BCUT2D eigenvalue weighted by molar-refractivity contribution is -0.115. The molecule has 2 rings (SSSR count). The van der Waals surface area contributed by atoms with Crippen LogP contribution in [-0.2, 0) is 4.79 Å². The second kappa shape index (κ2) is 7.76. The Kier molecular flexibility index (Phi) is 5.95. The Morgan fingerprint density at radius 2 is 2.04 bits per heavy atom. The van der Waals surface area contributed by atoms with Crippen molar-refractivity contribution in [3.05, 3.63) is 34.1 Å². The second-order valence-electron chi connectivity index (χ2n) is 5.35. The lowest BCUT2D eigenvalue weighted by Gasteiger charge is -2.14. The summed E-state index contributed by atoms with van der Waals surface area (Å²) in [5.74, 6) is -0.693. The van der Waals surface area contributed by atoms with E-state index in [1.165, 1.54) is 29.4 Å². The van der Waals surface area contributed by atoms with Crippen molar-refractivity contribution < 1.29 is 9.59 Å². The van der Waals surface area contributed by atoms with Crippen molar-refractivity contribution in [3.63, 3.8) is 0 Å². The van der Waals surface area contributed by atoms with Gasteiger partial charge >= 0.3 is 0 Å². The van der Waals surface area contributed by atoms with Gasteiger partial charge in [-0.2, -0.15) is 0 Å². The molecule has 128 valence electrons. The number of carbonyl (C=O) groups excluding carboxylic acids is 2. The number of nitrogens with two attached hydrogens (primary N) is 1. The molecule has 0 saturated carbocycles. The van der Waals surface area contributed by atoms with E-state index in [0.29, 0.717) is 17.0 Å². The fourth-order valence-electron chi connectivity index (χ4n) is 2.17. The van der Waals surface area contributed by atoms with Crippen LogP contribution in [0, 0.1) is 20.8 Å². The standard InChI is InChI=1S/C16H20N4O2S2/c1-5-11(24-12-6-8(2)18-7-19-12)15(22)20-16-13(14(17)21)9(3)10(4)23-16/h6-7,11H,5H2,1-4H3,(H2,17,21)(H,20,22). The normalized spacial score (nSPS) is 12.0. The summed E-state index contributed by atoms with van der Waals surface area (Å²) in [4.78, 5) is 33.5. The van der Waals surface area contributed by atoms with Crippen LogP contribution in [0.25, 0.3) is 0 Å². The van der Waals surface area contributed by atoms with E-state index in [1.807, 2.05) is 33.8 Å². The summed E-state index contributed by atoms with van der Waals surface area (Å²) >= 11 is 2.75. The number of rotatable bonds is 6. The first kappa shape index (κ1) is 18.4. The van der Waals surface area contributed by atoms with Gasteiger partial charge in [0.1, 0.15) is 16.4 Å². The number of thiophene rings is 1. The molecule has 2 amide bonds. The number of primary amides is 1. The van der Waals surface area contributed by atoms with E-state index in [9.17, 15) is 9.59 Å². The number of hydrogen-bond donors (Lipinski definition) is 2. The SMILES string of the molecule is CCC(Sc1cc(C)ncn1)C(=O)Nc1sc(C)c(C)c1C(N)=O. The Morgan fingerprint density at radius 1 is 1.33 bits per heavy atom. The summed E-state index contributed by atoms with van der Waals surface area (Å²) in [6, 6.07) is 1.84. The molecule has 8 heteroatoms. The molecule has 2 heterocycles. The van der Waals surface area contributed by atoms with E-state index in [4.69, 9.17) is 5.73 Å². The molecule has 0 aromatic carbocycles. The molecule has 0 radical (unpaired) electrons. The zero-order chi connectivity index (χ0) is 17.9. The van der Waals surface area contributed by atoms with Crippen LogP contribution in [0.5, 0.6) is 0 Å². The zero-order valence-corrected chi connectivity index (χ0v) is 15.7. The van der Waals surface area contributed by atoms with Crippen LogP contribution in [0.15, 0.2) is 17.4 Å². The number of aromatic nitrogens is 2. The molecular formula is C16H20N4O2S2. The summed E-state index contributed by atoms with van der Waals surface area (Å²) in [7, 11) is 0. The maximum absolute atomic E-state index is 12.6.